The summed E-state index contributed by atoms with van der Waals surface area (Å²) in [6.45, 7) is 5.00. The number of carbonyl (C=O) groups is 1. The molecule has 3 heterocycles. The molecule has 9 heteroatoms. The van der Waals surface area contributed by atoms with Crippen LogP contribution in [-0.4, -0.2) is 61.3 Å². The number of piperazine rings is 1. The van der Waals surface area contributed by atoms with Crippen LogP contribution in [0, 0.1) is 5.92 Å². The molecule has 1 unspecified atom stereocenters. The second-order valence-corrected chi connectivity index (χ2v) is 12.0. The molecule has 0 spiro atoms. The van der Waals surface area contributed by atoms with Gasteiger partial charge in [0.05, 0.1) is 25.3 Å². The first-order chi connectivity index (χ1) is 20.0. The number of rotatable bonds is 7. The lowest BCUT2D eigenvalue weighted by Crippen LogP contribution is -2.50. The van der Waals surface area contributed by atoms with E-state index < -0.39 is 0 Å². The predicted molar refractivity (Wildman–Crippen MR) is 165 cm³/mol. The Morgan fingerprint density at radius 3 is 2.59 bits per heavy atom. The number of hydrogen-bond acceptors (Lipinski definition) is 7. The third-order valence-corrected chi connectivity index (χ3v) is 9.33. The lowest BCUT2D eigenvalue weighted by molar-refractivity contribution is 0.208. The number of ether oxygens (including phenoxy) is 2. The number of aromatic nitrogens is 2. The zero-order chi connectivity index (χ0) is 28.3. The number of hydrogen-bond donors (Lipinski definition) is 1. The van der Waals surface area contributed by atoms with E-state index in [1.54, 1.807) is 26.4 Å². The molecule has 0 saturated carbocycles. The number of methoxy groups -OCH3 is 2. The Morgan fingerprint density at radius 1 is 1.02 bits per heavy atom. The number of thiophene rings is 1. The largest absolute Gasteiger partial charge is 0.497 e. The maximum Gasteiger partial charge on any atom is 0.322 e. The van der Waals surface area contributed by atoms with Crippen molar-refractivity contribution in [2.75, 3.05) is 50.6 Å². The van der Waals surface area contributed by atoms with Gasteiger partial charge in [-0.3, -0.25) is 0 Å². The normalized spacial score (nSPS) is 16.9. The van der Waals surface area contributed by atoms with Crippen LogP contribution in [0.2, 0.25) is 0 Å². The van der Waals surface area contributed by atoms with E-state index in [0.717, 1.165) is 55.2 Å². The Bertz CT molecular complexity index is 1530. The Kier molecular flexibility index (Phi) is 7.96. The molecular formula is C32H37N5O3S. The number of carbonyl (C=O) groups excluding carboxylic acids is 1. The Balaban J connectivity index is 1.22. The molecule has 2 aliphatic rings. The number of amides is 2. The quantitative estimate of drug-likeness (QED) is 0.294. The molecule has 8 nitrogen and oxygen atoms in total. The summed E-state index contributed by atoms with van der Waals surface area (Å²) >= 11 is 1.86. The number of urea groups is 1. The molecule has 2 aromatic carbocycles. The van der Waals surface area contributed by atoms with Crippen LogP contribution in [0.3, 0.4) is 0 Å². The van der Waals surface area contributed by atoms with E-state index in [4.69, 9.17) is 19.4 Å². The highest BCUT2D eigenvalue weighted by molar-refractivity contribution is 7.19. The SMILES string of the molecule is COc1ccc(NC(=O)N2CCN(c3nc(CCc4ccccc4)nc4sc5c(c34)CCC(C)C5)CC2)c(OC)c1. The lowest BCUT2D eigenvalue weighted by Gasteiger charge is -2.36. The standard InChI is InChI=1S/C32H37N5O3S/c1-21-9-12-24-27(19-21)41-31-29(24)30(34-28(35-31)14-10-22-7-5-4-6-8-22)36-15-17-37(18-16-36)32(38)33-25-13-11-23(39-2)20-26(25)40-3/h4-8,11,13,20-21H,9-10,12,14-19H2,1-3H3,(H,33,38). The highest BCUT2D eigenvalue weighted by Gasteiger charge is 2.29. The third-order valence-electron chi connectivity index (χ3n) is 8.18. The fourth-order valence-electron chi connectivity index (χ4n) is 5.82. The van der Waals surface area contributed by atoms with Crippen LogP contribution < -0.4 is 19.7 Å². The van der Waals surface area contributed by atoms with Crippen LogP contribution in [0.15, 0.2) is 48.5 Å². The van der Waals surface area contributed by atoms with E-state index in [-0.39, 0.29) is 6.03 Å². The summed E-state index contributed by atoms with van der Waals surface area (Å²) in [6.07, 6.45) is 5.13. The van der Waals surface area contributed by atoms with Crippen LogP contribution in [-0.2, 0) is 25.7 Å². The minimum absolute atomic E-state index is 0.133. The van der Waals surface area contributed by atoms with Crippen molar-refractivity contribution in [3.05, 3.63) is 70.4 Å². The molecule has 214 valence electrons. The monoisotopic (exact) mass is 571 g/mol. The minimum Gasteiger partial charge on any atom is -0.497 e. The van der Waals surface area contributed by atoms with Crippen molar-refractivity contribution in [2.45, 2.75) is 39.0 Å². The second kappa shape index (κ2) is 11.9. The molecular weight excluding hydrogens is 534 g/mol. The first kappa shape index (κ1) is 27.3. The van der Waals surface area contributed by atoms with E-state index in [1.165, 1.54) is 27.8 Å². The summed E-state index contributed by atoms with van der Waals surface area (Å²) in [5, 5.41) is 4.25. The van der Waals surface area contributed by atoms with Crippen LogP contribution in [0.4, 0.5) is 16.3 Å². The van der Waals surface area contributed by atoms with Crippen molar-refractivity contribution in [3.8, 4) is 11.5 Å². The minimum atomic E-state index is -0.133. The fourth-order valence-corrected chi connectivity index (χ4v) is 7.22. The van der Waals surface area contributed by atoms with Crippen molar-refractivity contribution in [1.29, 1.82) is 0 Å². The van der Waals surface area contributed by atoms with Gasteiger partial charge in [-0.05, 0) is 54.9 Å². The summed E-state index contributed by atoms with van der Waals surface area (Å²) in [7, 11) is 3.19. The number of anilines is 2. The summed E-state index contributed by atoms with van der Waals surface area (Å²) in [4.78, 5) is 30.3. The first-order valence-corrected chi connectivity index (χ1v) is 15.2. The van der Waals surface area contributed by atoms with Crippen LogP contribution in [0.1, 0.15) is 35.2 Å². The highest BCUT2D eigenvalue weighted by Crippen LogP contribution is 2.41. The molecule has 6 rings (SSSR count). The van der Waals surface area contributed by atoms with Gasteiger partial charge in [-0.15, -0.1) is 11.3 Å². The summed E-state index contributed by atoms with van der Waals surface area (Å²) in [5.74, 6) is 3.89. The van der Waals surface area contributed by atoms with Gasteiger partial charge >= 0.3 is 6.03 Å². The van der Waals surface area contributed by atoms with Crippen LogP contribution in [0.5, 0.6) is 11.5 Å². The van der Waals surface area contributed by atoms with Gasteiger partial charge < -0.3 is 24.6 Å². The number of nitrogens with zero attached hydrogens (tertiary/aromatic N) is 4. The molecule has 4 aromatic rings. The van der Waals surface area contributed by atoms with Gasteiger partial charge in [0.2, 0.25) is 0 Å². The molecule has 0 radical (unpaired) electrons. The van der Waals surface area contributed by atoms with Gasteiger partial charge in [-0.25, -0.2) is 14.8 Å². The van der Waals surface area contributed by atoms with Gasteiger partial charge in [0, 0.05) is 43.5 Å². The maximum absolute atomic E-state index is 13.2. The van der Waals surface area contributed by atoms with Crippen LogP contribution in [0.25, 0.3) is 10.2 Å². The van der Waals surface area contributed by atoms with Crippen molar-refractivity contribution >= 4 is 39.1 Å². The lowest BCUT2D eigenvalue weighted by atomic mass is 9.89. The van der Waals surface area contributed by atoms with Gasteiger partial charge in [0.1, 0.15) is 28.0 Å². The van der Waals surface area contributed by atoms with Crippen molar-refractivity contribution in [1.82, 2.24) is 14.9 Å². The average Bonchev–Trinajstić information content (AvgIpc) is 3.37. The van der Waals surface area contributed by atoms with Gasteiger partial charge in [0.15, 0.2) is 0 Å². The molecule has 1 aliphatic carbocycles. The van der Waals surface area contributed by atoms with E-state index in [0.29, 0.717) is 36.2 Å². The average molecular weight is 572 g/mol. The van der Waals surface area contributed by atoms with Gasteiger partial charge in [-0.2, -0.15) is 0 Å². The summed E-state index contributed by atoms with van der Waals surface area (Å²) in [5.41, 5.74) is 3.37. The highest BCUT2D eigenvalue weighted by atomic mass is 32.1. The molecule has 0 bridgehead atoms. The van der Waals surface area contributed by atoms with E-state index in [2.05, 4.69) is 47.5 Å². The van der Waals surface area contributed by atoms with Crippen molar-refractivity contribution < 1.29 is 14.3 Å². The van der Waals surface area contributed by atoms with E-state index in [9.17, 15) is 4.79 Å². The number of aryl methyl sites for hydroxylation is 3. The summed E-state index contributed by atoms with van der Waals surface area (Å²) in [6, 6.07) is 15.8. The van der Waals surface area contributed by atoms with Crippen molar-refractivity contribution in [2.24, 2.45) is 5.92 Å². The Labute approximate surface area is 245 Å². The molecule has 1 N–H and O–H groups in total. The van der Waals surface area contributed by atoms with Gasteiger partial charge in [0.25, 0.3) is 0 Å². The smallest absolute Gasteiger partial charge is 0.322 e. The molecule has 2 amide bonds. The molecule has 41 heavy (non-hydrogen) atoms. The van der Waals surface area contributed by atoms with E-state index in [1.807, 2.05) is 22.3 Å². The molecule has 1 atom stereocenters. The topological polar surface area (TPSA) is 79.8 Å². The summed E-state index contributed by atoms with van der Waals surface area (Å²) < 4.78 is 10.7. The second-order valence-electron chi connectivity index (χ2n) is 11.0. The number of fused-ring (bicyclic) bond motifs is 3. The molecule has 1 fully saturated rings. The Hall–Kier alpha value is -3.85. The van der Waals surface area contributed by atoms with Crippen LogP contribution >= 0.6 is 11.3 Å². The zero-order valence-corrected chi connectivity index (χ0v) is 24.8. The number of benzene rings is 2. The maximum atomic E-state index is 13.2. The zero-order valence-electron chi connectivity index (χ0n) is 24.0. The Morgan fingerprint density at radius 2 is 1.83 bits per heavy atom. The molecule has 1 aliphatic heterocycles. The van der Waals surface area contributed by atoms with Crippen molar-refractivity contribution in [3.63, 3.8) is 0 Å². The number of nitrogens with one attached hydrogen (secondary N) is 1. The predicted octanol–water partition coefficient (Wildman–Crippen LogP) is 5.97. The fraction of sp³-hybridized carbons (Fsp3) is 0.406. The van der Waals surface area contributed by atoms with E-state index >= 15 is 0 Å². The first-order valence-electron chi connectivity index (χ1n) is 14.4. The molecule has 2 aromatic heterocycles. The third kappa shape index (κ3) is 5.81. The molecule has 1 saturated heterocycles. The van der Waals surface area contributed by atoms with Gasteiger partial charge in [-0.1, -0.05) is 37.3 Å².